The van der Waals surface area contributed by atoms with E-state index in [1.54, 1.807) is 0 Å². The minimum atomic E-state index is 0.00707. The van der Waals surface area contributed by atoms with Gasteiger partial charge >= 0.3 is 0 Å². The Hall–Kier alpha value is -3.24. The smallest absolute Gasteiger partial charge is 0.249 e. The molecule has 0 aromatic heterocycles. The molecule has 39 heavy (non-hydrogen) atoms. The van der Waals surface area contributed by atoms with Gasteiger partial charge in [0.1, 0.15) is 0 Å². The minimum Gasteiger partial charge on any atom is -0.316 e. The highest BCUT2D eigenvalue weighted by Gasteiger charge is 2.51. The molecule has 0 spiro atoms. The number of nitrogens with zero attached hydrogens (tertiary/aromatic N) is 2. The maximum absolute atomic E-state index is 13.8. The van der Waals surface area contributed by atoms with Crippen molar-refractivity contribution >= 4 is 22.3 Å². The summed E-state index contributed by atoms with van der Waals surface area (Å²) >= 11 is 0. The van der Waals surface area contributed by atoms with E-state index in [9.17, 15) is 9.59 Å². The number of hydrogen-bond donors (Lipinski definition) is 0. The molecule has 3 aromatic rings. The van der Waals surface area contributed by atoms with E-state index in [4.69, 9.17) is 0 Å². The fourth-order valence-corrected chi connectivity index (χ4v) is 6.46. The molecule has 0 saturated carbocycles. The quantitative estimate of drug-likeness (QED) is 0.169. The van der Waals surface area contributed by atoms with Crippen LogP contribution in [0.4, 0.5) is 0 Å². The van der Waals surface area contributed by atoms with Gasteiger partial charge in [-0.1, -0.05) is 119 Å². The van der Waals surface area contributed by atoms with Crippen LogP contribution in [0.1, 0.15) is 91.0 Å². The minimum absolute atomic E-state index is 0.00707. The van der Waals surface area contributed by atoms with Crippen molar-refractivity contribution in [1.29, 1.82) is 0 Å². The third kappa shape index (κ3) is 5.86. The summed E-state index contributed by atoms with van der Waals surface area (Å²) in [7, 11) is 2.16. The number of likely N-dealkylation sites (N-methyl/N-ethyl adjacent to an activating group) is 1. The van der Waals surface area contributed by atoms with Gasteiger partial charge in [0.25, 0.3) is 0 Å². The number of ketones is 2. The number of fused-ring (bicyclic) bond motifs is 2. The molecule has 204 valence electrons. The number of allylic oxidation sites excluding steroid dienone is 2. The number of carbonyl (C=O) groups is 2. The van der Waals surface area contributed by atoms with Crippen molar-refractivity contribution in [1.82, 2.24) is 4.90 Å². The van der Waals surface area contributed by atoms with Crippen LogP contribution >= 0.6 is 0 Å². The van der Waals surface area contributed by atoms with Gasteiger partial charge in [-0.15, -0.1) is 0 Å². The van der Waals surface area contributed by atoms with Crippen molar-refractivity contribution in [3.05, 3.63) is 94.8 Å². The molecule has 0 fully saturated rings. The molecule has 4 nitrogen and oxygen atoms in total. The Bertz CT molecular complexity index is 1370. The molecule has 1 aliphatic heterocycles. The lowest BCUT2D eigenvalue weighted by molar-refractivity contribution is -0.869. The standard InChI is InChI=1S/C35H43N2O2/c1-3-4-5-6-7-8-9-10-15-24-37(2)26-36(23-22-27-20-21-28-16-11-12-17-29(28)25-27)32-33(37)35(39)31-19-14-13-18-30(31)34(32)38/h11-14,16-21,25H,3-10,15,22-24,26H2,1-2H3/q+1. The van der Waals surface area contributed by atoms with E-state index in [-0.39, 0.29) is 11.6 Å². The third-order valence-corrected chi connectivity index (χ3v) is 8.65. The zero-order valence-corrected chi connectivity index (χ0v) is 23.8. The molecule has 4 heteroatoms. The van der Waals surface area contributed by atoms with Crippen molar-refractivity contribution in [3.8, 4) is 0 Å². The molecule has 0 amide bonds. The van der Waals surface area contributed by atoms with E-state index in [0.29, 0.717) is 33.7 Å². The van der Waals surface area contributed by atoms with Gasteiger partial charge in [0.05, 0.1) is 13.6 Å². The summed E-state index contributed by atoms with van der Waals surface area (Å²) in [6, 6.07) is 22.4. The molecule has 5 rings (SSSR count). The average molecular weight is 524 g/mol. The molecule has 1 unspecified atom stereocenters. The van der Waals surface area contributed by atoms with Crippen LogP contribution in [0.5, 0.6) is 0 Å². The molecular formula is C35H43N2O2+. The van der Waals surface area contributed by atoms with E-state index in [1.807, 2.05) is 24.3 Å². The number of benzene rings is 3. The molecule has 1 heterocycles. The second-order valence-electron chi connectivity index (χ2n) is 11.7. The third-order valence-electron chi connectivity index (χ3n) is 8.65. The van der Waals surface area contributed by atoms with Gasteiger partial charge in [-0.05, 0) is 35.6 Å². The van der Waals surface area contributed by atoms with Crippen LogP contribution in [-0.4, -0.2) is 47.8 Å². The van der Waals surface area contributed by atoms with Crippen molar-refractivity contribution in [3.63, 3.8) is 0 Å². The lowest BCUT2D eigenvalue weighted by Gasteiger charge is -2.32. The van der Waals surface area contributed by atoms with E-state index >= 15 is 0 Å². The largest absolute Gasteiger partial charge is 0.316 e. The Morgan fingerprint density at radius 3 is 2.05 bits per heavy atom. The monoisotopic (exact) mass is 523 g/mol. The normalized spacial score (nSPS) is 18.7. The lowest BCUT2D eigenvalue weighted by atomic mass is 9.89. The number of rotatable bonds is 13. The van der Waals surface area contributed by atoms with Gasteiger partial charge < -0.3 is 4.90 Å². The fraction of sp³-hybridized carbons (Fsp3) is 0.429. The molecule has 0 bridgehead atoms. The van der Waals surface area contributed by atoms with Crippen molar-refractivity contribution in [2.24, 2.45) is 0 Å². The zero-order chi connectivity index (χ0) is 27.2. The Morgan fingerprint density at radius 1 is 0.718 bits per heavy atom. The Kier molecular flexibility index (Phi) is 8.62. The van der Waals surface area contributed by atoms with Crippen LogP contribution in [0.25, 0.3) is 10.8 Å². The van der Waals surface area contributed by atoms with Gasteiger partial charge in [-0.2, -0.15) is 0 Å². The van der Waals surface area contributed by atoms with Crippen LogP contribution in [0, 0.1) is 0 Å². The number of hydrogen-bond acceptors (Lipinski definition) is 3. The van der Waals surface area contributed by atoms with Crippen LogP contribution in [0.3, 0.4) is 0 Å². The Labute approximate surface area is 233 Å². The second-order valence-corrected chi connectivity index (χ2v) is 11.7. The number of carbonyl (C=O) groups excluding carboxylic acids is 2. The van der Waals surface area contributed by atoms with Gasteiger partial charge in [0, 0.05) is 17.7 Å². The highest BCUT2D eigenvalue weighted by Crippen LogP contribution is 2.39. The molecule has 1 atom stereocenters. The van der Waals surface area contributed by atoms with Crippen LogP contribution in [0.2, 0.25) is 0 Å². The first-order valence-corrected chi connectivity index (χ1v) is 15.0. The van der Waals surface area contributed by atoms with E-state index in [1.165, 1.54) is 67.7 Å². The number of Topliss-reactive ketones (excluding diaryl/α,β-unsaturated/α-hetero) is 2. The molecule has 0 N–H and O–H groups in total. The summed E-state index contributed by atoms with van der Waals surface area (Å²) in [5.74, 6) is 0.0412. The summed E-state index contributed by atoms with van der Waals surface area (Å²) < 4.78 is 0.530. The van der Waals surface area contributed by atoms with E-state index in [2.05, 4.69) is 61.3 Å². The van der Waals surface area contributed by atoms with Crippen molar-refractivity contribution < 1.29 is 14.1 Å². The Morgan fingerprint density at radius 2 is 1.33 bits per heavy atom. The SMILES string of the molecule is CCCCCCCCCCC[N+]1(C)CN(CCc2ccc3ccccc3c2)C2=C1C(=O)c1ccccc1C2=O. The number of quaternary nitrogens is 1. The average Bonchev–Trinajstić information content (AvgIpc) is 3.26. The van der Waals surface area contributed by atoms with Crippen molar-refractivity contribution in [2.45, 2.75) is 71.1 Å². The molecule has 0 saturated heterocycles. The molecule has 1 aliphatic carbocycles. The zero-order valence-electron chi connectivity index (χ0n) is 23.8. The first-order valence-electron chi connectivity index (χ1n) is 15.0. The summed E-state index contributed by atoms with van der Waals surface area (Å²) in [5, 5.41) is 2.47. The first kappa shape index (κ1) is 27.3. The molecular weight excluding hydrogens is 480 g/mol. The second kappa shape index (κ2) is 12.3. The maximum atomic E-state index is 13.8. The van der Waals surface area contributed by atoms with Gasteiger partial charge in [-0.3, -0.25) is 14.1 Å². The summed E-state index contributed by atoms with van der Waals surface area (Å²) in [4.78, 5) is 29.8. The first-order chi connectivity index (χ1) is 19.0. The van der Waals surface area contributed by atoms with Crippen molar-refractivity contribution in [2.75, 3.05) is 26.8 Å². The van der Waals surface area contributed by atoms with Gasteiger partial charge in [-0.25, -0.2) is 0 Å². The molecule has 2 aliphatic rings. The Balaban J connectivity index is 1.30. The van der Waals surface area contributed by atoms with Gasteiger partial charge in [0.15, 0.2) is 12.4 Å². The number of unbranched alkanes of at least 4 members (excludes halogenated alkanes) is 8. The summed E-state index contributed by atoms with van der Waals surface area (Å²) in [6.45, 7) is 4.56. The van der Waals surface area contributed by atoms with E-state index < -0.39 is 0 Å². The molecule has 0 radical (unpaired) electrons. The fourth-order valence-electron chi connectivity index (χ4n) is 6.46. The topological polar surface area (TPSA) is 37.4 Å². The van der Waals surface area contributed by atoms with Gasteiger partial charge in [0.2, 0.25) is 17.3 Å². The molecule has 3 aromatic carbocycles. The van der Waals surface area contributed by atoms with Crippen LogP contribution in [-0.2, 0) is 6.42 Å². The lowest BCUT2D eigenvalue weighted by Crippen LogP contribution is -2.47. The van der Waals surface area contributed by atoms with Crippen LogP contribution in [0.15, 0.2) is 78.1 Å². The van der Waals surface area contributed by atoms with Crippen LogP contribution < -0.4 is 0 Å². The summed E-state index contributed by atoms with van der Waals surface area (Å²) in [5.41, 5.74) is 3.71. The maximum Gasteiger partial charge on any atom is 0.249 e. The summed E-state index contributed by atoms with van der Waals surface area (Å²) in [6.07, 6.45) is 12.3. The van der Waals surface area contributed by atoms with E-state index in [0.717, 1.165) is 25.9 Å². The highest BCUT2D eigenvalue weighted by molar-refractivity contribution is 6.26. The predicted octanol–water partition coefficient (Wildman–Crippen LogP) is 7.92. The predicted molar refractivity (Wildman–Crippen MR) is 160 cm³/mol. The highest BCUT2D eigenvalue weighted by atomic mass is 16.1.